The normalized spacial score (nSPS) is 11.0. The van der Waals surface area contributed by atoms with E-state index in [1.54, 1.807) is 11.3 Å². The Morgan fingerprint density at radius 3 is 2.53 bits per heavy atom. The van der Waals surface area contributed by atoms with Crippen LogP contribution < -0.4 is 10.2 Å². The highest BCUT2D eigenvalue weighted by atomic mass is 32.2. The standard InChI is InChI=1S/C24H25N5OS2/c1-15-10-16(2)20(17(3)11-15)27-19(30)13-31-23-21-22(25-14-26-23)28-24(32-21)29(4)12-18-8-6-5-7-9-18/h5-11,14H,12-13H2,1-4H3,(H,27,30). The third-order valence-corrected chi connectivity index (χ3v) is 7.30. The van der Waals surface area contributed by atoms with Crippen molar-refractivity contribution in [3.63, 3.8) is 0 Å². The van der Waals surface area contributed by atoms with Crippen LogP contribution in [0.25, 0.3) is 10.3 Å². The number of hydrogen-bond acceptors (Lipinski definition) is 7. The lowest BCUT2D eigenvalue weighted by Crippen LogP contribution is -2.16. The summed E-state index contributed by atoms with van der Waals surface area (Å²) in [4.78, 5) is 28.1. The molecule has 0 aliphatic rings. The first-order chi connectivity index (χ1) is 15.4. The Morgan fingerprint density at radius 1 is 1.09 bits per heavy atom. The molecule has 0 saturated heterocycles. The molecule has 4 aromatic rings. The molecule has 2 aromatic carbocycles. The Bertz CT molecular complexity index is 1230. The van der Waals surface area contributed by atoms with E-state index >= 15 is 0 Å². The van der Waals surface area contributed by atoms with Gasteiger partial charge < -0.3 is 10.2 Å². The first kappa shape index (κ1) is 22.2. The van der Waals surface area contributed by atoms with Crippen LogP contribution in [0.2, 0.25) is 0 Å². The van der Waals surface area contributed by atoms with E-state index in [0.717, 1.165) is 38.2 Å². The molecule has 0 aliphatic carbocycles. The minimum atomic E-state index is -0.0530. The Hall–Kier alpha value is -2.97. The Labute approximate surface area is 196 Å². The van der Waals surface area contributed by atoms with Gasteiger partial charge in [-0.3, -0.25) is 4.79 Å². The molecular weight excluding hydrogens is 438 g/mol. The summed E-state index contributed by atoms with van der Waals surface area (Å²) >= 11 is 2.96. The fourth-order valence-corrected chi connectivity index (χ4v) is 5.45. The molecule has 1 N–H and O–H groups in total. The highest BCUT2D eigenvalue weighted by Gasteiger charge is 2.16. The number of rotatable bonds is 7. The number of thioether (sulfide) groups is 1. The highest BCUT2D eigenvalue weighted by Crippen LogP contribution is 2.34. The summed E-state index contributed by atoms with van der Waals surface area (Å²) in [6.07, 6.45) is 1.51. The van der Waals surface area contributed by atoms with Crippen molar-refractivity contribution in [2.24, 2.45) is 0 Å². The number of amides is 1. The Kier molecular flexibility index (Phi) is 6.72. The van der Waals surface area contributed by atoms with Gasteiger partial charge in [0.05, 0.1) is 5.75 Å². The summed E-state index contributed by atoms with van der Waals surface area (Å²) in [6.45, 7) is 6.85. The molecule has 32 heavy (non-hydrogen) atoms. The third kappa shape index (κ3) is 5.08. The number of benzene rings is 2. The van der Waals surface area contributed by atoms with Gasteiger partial charge in [0.2, 0.25) is 5.91 Å². The van der Waals surface area contributed by atoms with Crippen LogP contribution in [0.1, 0.15) is 22.3 Å². The largest absolute Gasteiger partial charge is 0.347 e. The molecule has 0 bridgehead atoms. The number of aromatic nitrogens is 3. The fraction of sp³-hybridized carbons (Fsp3) is 0.250. The van der Waals surface area contributed by atoms with E-state index in [2.05, 4.69) is 56.4 Å². The quantitative estimate of drug-likeness (QED) is 0.293. The average molecular weight is 464 g/mol. The second-order valence-corrected chi connectivity index (χ2v) is 9.72. The molecule has 0 radical (unpaired) electrons. The van der Waals surface area contributed by atoms with Crippen LogP contribution in [0.5, 0.6) is 0 Å². The highest BCUT2D eigenvalue weighted by molar-refractivity contribution is 8.00. The minimum Gasteiger partial charge on any atom is -0.347 e. The molecule has 0 spiro atoms. The summed E-state index contributed by atoms with van der Waals surface area (Å²) in [5.41, 5.74) is 6.09. The van der Waals surface area contributed by atoms with E-state index in [4.69, 9.17) is 0 Å². The van der Waals surface area contributed by atoms with Crippen LogP contribution >= 0.6 is 23.1 Å². The maximum absolute atomic E-state index is 12.6. The summed E-state index contributed by atoms with van der Waals surface area (Å²) in [5, 5.41) is 4.70. The summed E-state index contributed by atoms with van der Waals surface area (Å²) in [5.74, 6) is 0.217. The van der Waals surface area contributed by atoms with Gasteiger partial charge in [0.15, 0.2) is 10.8 Å². The first-order valence-electron chi connectivity index (χ1n) is 10.3. The molecule has 8 heteroatoms. The van der Waals surface area contributed by atoms with Gasteiger partial charge in [0.1, 0.15) is 16.1 Å². The summed E-state index contributed by atoms with van der Waals surface area (Å²) < 4.78 is 0.905. The fourth-order valence-electron chi connectivity index (χ4n) is 3.60. The van der Waals surface area contributed by atoms with Crippen molar-refractivity contribution in [3.05, 3.63) is 71.0 Å². The van der Waals surface area contributed by atoms with Crippen molar-refractivity contribution in [3.8, 4) is 0 Å². The first-order valence-corrected chi connectivity index (χ1v) is 12.1. The molecule has 6 nitrogen and oxygen atoms in total. The van der Waals surface area contributed by atoms with E-state index in [1.807, 2.05) is 39.1 Å². The van der Waals surface area contributed by atoms with Crippen LogP contribution in [0.15, 0.2) is 53.8 Å². The zero-order valence-electron chi connectivity index (χ0n) is 18.5. The molecule has 164 valence electrons. The van der Waals surface area contributed by atoms with E-state index in [0.29, 0.717) is 5.65 Å². The van der Waals surface area contributed by atoms with E-state index in [9.17, 15) is 4.79 Å². The van der Waals surface area contributed by atoms with Crippen LogP contribution in [0.3, 0.4) is 0 Å². The maximum atomic E-state index is 12.6. The second kappa shape index (κ2) is 9.67. The molecule has 0 atom stereocenters. The lowest BCUT2D eigenvalue weighted by atomic mass is 10.1. The lowest BCUT2D eigenvalue weighted by molar-refractivity contribution is -0.113. The van der Waals surface area contributed by atoms with Crippen LogP contribution in [-0.2, 0) is 11.3 Å². The van der Waals surface area contributed by atoms with Crippen molar-refractivity contribution >= 4 is 50.2 Å². The number of anilines is 2. The topological polar surface area (TPSA) is 71.0 Å². The molecule has 0 saturated carbocycles. The van der Waals surface area contributed by atoms with E-state index in [1.165, 1.54) is 29.2 Å². The van der Waals surface area contributed by atoms with Gasteiger partial charge in [-0.25, -0.2) is 9.97 Å². The number of fused-ring (bicyclic) bond motifs is 1. The summed E-state index contributed by atoms with van der Waals surface area (Å²) in [6, 6.07) is 14.4. The maximum Gasteiger partial charge on any atom is 0.234 e. The van der Waals surface area contributed by atoms with Gasteiger partial charge in [0, 0.05) is 19.3 Å². The van der Waals surface area contributed by atoms with Gasteiger partial charge in [-0.15, -0.1) is 0 Å². The van der Waals surface area contributed by atoms with Crippen LogP contribution in [-0.4, -0.2) is 33.7 Å². The van der Waals surface area contributed by atoms with Crippen molar-refractivity contribution in [2.75, 3.05) is 23.0 Å². The van der Waals surface area contributed by atoms with E-state index < -0.39 is 0 Å². The summed E-state index contributed by atoms with van der Waals surface area (Å²) in [7, 11) is 2.02. The molecule has 1 amide bonds. The zero-order chi connectivity index (χ0) is 22.7. The number of thiazole rings is 1. The van der Waals surface area contributed by atoms with Crippen molar-refractivity contribution in [1.82, 2.24) is 15.0 Å². The number of nitrogens with one attached hydrogen (secondary N) is 1. The Balaban J connectivity index is 1.46. The predicted octanol–water partition coefficient (Wildman–Crippen LogP) is 5.38. The second-order valence-electron chi connectivity index (χ2n) is 7.78. The SMILES string of the molecule is Cc1cc(C)c(NC(=O)CSc2ncnc3nc(N(C)Cc4ccccc4)sc23)c(C)c1. The molecule has 0 aliphatic heterocycles. The molecule has 0 fully saturated rings. The predicted molar refractivity (Wildman–Crippen MR) is 134 cm³/mol. The minimum absolute atomic E-state index is 0.0530. The number of aryl methyl sites for hydroxylation is 3. The number of hydrogen-bond donors (Lipinski definition) is 1. The van der Waals surface area contributed by atoms with Gasteiger partial charge in [0.25, 0.3) is 0 Å². The smallest absolute Gasteiger partial charge is 0.234 e. The van der Waals surface area contributed by atoms with Crippen molar-refractivity contribution < 1.29 is 4.79 Å². The number of carbonyl (C=O) groups is 1. The van der Waals surface area contributed by atoms with Gasteiger partial charge in [-0.2, -0.15) is 4.98 Å². The van der Waals surface area contributed by atoms with E-state index in [-0.39, 0.29) is 11.7 Å². The molecule has 2 aromatic heterocycles. The zero-order valence-corrected chi connectivity index (χ0v) is 20.2. The van der Waals surface area contributed by atoms with Gasteiger partial charge >= 0.3 is 0 Å². The molecule has 0 unspecified atom stereocenters. The average Bonchev–Trinajstić information content (AvgIpc) is 3.21. The monoisotopic (exact) mass is 463 g/mol. The van der Waals surface area contributed by atoms with Crippen molar-refractivity contribution in [1.29, 1.82) is 0 Å². The molecule has 2 heterocycles. The molecular formula is C24H25N5OS2. The lowest BCUT2D eigenvalue weighted by Gasteiger charge is -2.15. The third-order valence-electron chi connectivity index (χ3n) is 5.02. The molecule has 4 rings (SSSR count). The Morgan fingerprint density at radius 2 is 1.81 bits per heavy atom. The van der Waals surface area contributed by atoms with Crippen LogP contribution in [0.4, 0.5) is 10.8 Å². The van der Waals surface area contributed by atoms with Gasteiger partial charge in [-0.05, 0) is 37.5 Å². The number of nitrogens with zero attached hydrogens (tertiary/aromatic N) is 4. The van der Waals surface area contributed by atoms with Crippen LogP contribution in [0, 0.1) is 20.8 Å². The number of carbonyl (C=O) groups excluding carboxylic acids is 1. The van der Waals surface area contributed by atoms with Gasteiger partial charge in [-0.1, -0.05) is 71.1 Å². The van der Waals surface area contributed by atoms with Crippen molar-refractivity contribution in [2.45, 2.75) is 32.3 Å².